The van der Waals surface area contributed by atoms with Crippen LogP contribution in [-0.2, 0) is 14.3 Å². The van der Waals surface area contributed by atoms with Gasteiger partial charge in [0.15, 0.2) is 6.04 Å². The van der Waals surface area contributed by atoms with Gasteiger partial charge in [0.05, 0.1) is 0 Å². The van der Waals surface area contributed by atoms with Crippen molar-refractivity contribution in [2.75, 3.05) is 6.61 Å². The number of carboxylic acids is 1. The normalized spacial score (nSPS) is 13.9. The maximum atomic E-state index is 12.8. The number of carbonyl (C=O) groups is 3. The molecule has 0 saturated carbocycles. The van der Waals surface area contributed by atoms with Gasteiger partial charge in [-0.2, -0.15) is 0 Å². The van der Waals surface area contributed by atoms with Crippen molar-refractivity contribution in [2.45, 2.75) is 37.8 Å². The molecular weight excluding hydrogens is 452 g/mol. The number of carbonyl (C=O) groups excluding carboxylic acids is 2. The second-order valence-electron chi connectivity index (χ2n) is 8.11. The Kier molecular flexibility index (Phi) is 7.27. The van der Waals surface area contributed by atoms with Crippen LogP contribution in [0, 0.1) is 0 Å². The first kappa shape index (κ1) is 23.5. The minimum absolute atomic E-state index is 0.0909. The number of fused-ring (bicyclic) bond motifs is 3. The first-order valence-electron chi connectivity index (χ1n) is 11.2. The average molecular weight is 479 g/mol. The number of rotatable bonds is 9. The number of hydrogen-bond acceptors (Lipinski definition) is 5. The second-order valence-corrected chi connectivity index (χ2v) is 9.09. The Labute approximate surface area is 201 Å². The number of nitrogens with one attached hydrogen (secondary N) is 2. The molecule has 0 bridgehead atoms. The lowest BCUT2D eigenvalue weighted by molar-refractivity contribution is -0.142. The fourth-order valence-corrected chi connectivity index (χ4v) is 5.06. The van der Waals surface area contributed by atoms with E-state index in [9.17, 15) is 19.5 Å². The van der Waals surface area contributed by atoms with Crippen LogP contribution in [0.1, 0.15) is 47.7 Å². The van der Waals surface area contributed by atoms with E-state index in [0.29, 0.717) is 17.7 Å². The molecule has 2 atom stereocenters. The minimum atomic E-state index is -1.17. The van der Waals surface area contributed by atoms with E-state index in [0.717, 1.165) is 22.3 Å². The highest BCUT2D eigenvalue weighted by Crippen LogP contribution is 2.44. The van der Waals surface area contributed by atoms with Gasteiger partial charge in [0.2, 0.25) is 5.91 Å². The highest BCUT2D eigenvalue weighted by molar-refractivity contribution is 7.10. The Hall–Kier alpha value is -3.65. The first-order chi connectivity index (χ1) is 16.5. The zero-order valence-corrected chi connectivity index (χ0v) is 19.5. The van der Waals surface area contributed by atoms with Gasteiger partial charge in [-0.1, -0.05) is 67.9 Å². The van der Waals surface area contributed by atoms with Gasteiger partial charge >= 0.3 is 12.1 Å². The van der Waals surface area contributed by atoms with Crippen LogP contribution in [0.3, 0.4) is 0 Å². The summed E-state index contributed by atoms with van der Waals surface area (Å²) in [6.45, 7) is 2.01. The SMILES string of the molecule is CCC[C@H](NC(=O)OCC1c2ccccc2-c2ccccc21)C(=O)NC(C(=O)O)c1cccs1. The first-order valence-corrected chi connectivity index (χ1v) is 12.1. The monoisotopic (exact) mass is 478 g/mol. The van der Waals surface area contributed by atoms with Gasteiger partial charge in [0, 0.05) is 10.8 Å². The van der Waals surface area contributed by atoms with Gasteiger partial charge in [-0.05, 0) is 40.1 Å². The maximum Gasteiger partial charge on any atom is 0.407 e. The smallest absolute Gasteiger partial charge is 0.407 e. The topological polar surface area (TPSA) is 105 Å². The lowest BCUT2D eigenvalue weighted by Gasteiger charge is -2.21. The standard InChI is InChI=1S/C26H26N2O5S/c1-2-8-21(24(29)28-23(25(30)31)22-13-7-14-34-22)27-26(32)33-15-20-18-11-5-3-9-16(18)17-10-4-6-12-19(17)20/h3-7,9-14,20-21,23H,2,8,15H2,1H3,(H,27,32)(H,28,29)(H,30,31)/t21-,23?/m0/s1. The molecule has 1 unspecified atom stereocenters. The predicted molar refractivity (Wildman–Crippen MR) is 130 cm³/mol. The molecule has 0 saturated heterocycles. The number of aliphatic carboxylic acids is 1. The Morgan fingerprint density at radius 3 is 2.18 bits per heavy atom. The predicted octanol–water partition coefficient (Wildman–Crippen LogP) is 4.70. The van der Waals surface area contributed by atoms with Crippen molar-refractivity contribution in [2.24, 2.45) is 0 Å². The largest absolute Gasteiger partial charge is 0.479 e. The molecule has 3 aromatic rings. The van der Waals surface area contributed by atoms with Crippen LogP contribution in [0.5, 0.6) is 0 Å². The van der Waals surface area contributed by atoms with Crippen molar-refractivity contribution in [3.05, 3.63) is 82.0 Å². The molecule has 2 aromatic carbocycles. The van der Waals surface area contributed by atoms with Crippen molar-refractivity contribution in [3.8, 4) is 11.1 Å². The van der Waals surface area contributed by atoms with Crippen molar-refractivity contribution in [1.82, 2.24) is 10.6 Å². The lowest BCUT2D eigenvalue weighted by Crippen LogP contribution is -2.49. The summed E-state index contributed by atoms with van der Waals surface area (Å²) in [5.41, 5.74) is 4.45. The summed E-state index contributed by atoms with van der Waals surface area (Å²) < 4.78 is 5.55. The maximum absolute atomic E-state index is 12.8. The van der Waals surface area contributed by atoms with Crippen LogP contribution in [0.2, 0.25) is 0 Å². The van der Waals surface area contributed by atoms with Crippen LogP contribution in [0.25, 0.3) is 11.1 Å². The Bertz CT molecular complexity index is 1130. The van der Waals surface area contributed by atoms with E-state index in [1.54, 1.807) is 17.5 Å². The second kappa shape index (κ2) is 10.5. The van der Waals surface area contributed by atoms with Crippen LogP contribution in [0.15, 0.2) is 66.0 Å². The number of benzene rings is 2. The number of amides is 2. The molecule has 2 amide bonds. The third kappa shape index (κ3) is 4.97. The van der Waals surface area contributed by atoms with E-state index < -0.39 is 30.1 Å². The molecule has 0 aliphatic heterocycles. The Morgan fingerprint density at radius 1 is 0.971 bits per heavy atom. The zero-order chi connectivity index (χ0) is 24.1. The molecule has 3 N–H and O–H groups in total. The van der Waals surface area contributed by atoms with Gasteiger partial charge in [-0.25, -0.2) is 9.59 Å². The van der Waals surface area contributed by atoms with E-state index in [4.69, 9.17) is 4.74 Å². The summed E-state index contributed by atoms with van der Waals surface area (Å²) in [6.07, 6.45) is 0.268. The van der Waals surface area contributed by atoms with Crippen LogP contribution in [-0.4, -0.2) is 35.7 Å². The molecule has 0 spiro atoms. The van der Waals surface area contributed by atoms with Crippen molar-refractivity contribution < 1.29 is 24.2 Å². The number of thiophene rings is 1. The van der Waals surface area contributed by atoms with Gasteiger partial charge < -0.3 is 20.5 Å². The molecule has 8 heteroatoms. The van der Waals surface area contributed by atoms with E-state index in [1.807, 2.05) is 43.3 Å². The van der Waals surface area contributed by atoms with Gasteiger partial charge in [-0.15, -0.1) is 11.3 Å². The fraction of sp³-hybridized carbons (Fsp3) is 0.269. The molecule has 0 fully saturated rings. The third-order valence-corrected chi connectivity index (χ3v) is 6.83. The van der Waals surface area contributed by atoms with Crippen molar-refractivity contribution >= 4 is 29.3 Å². The van der Waals surface area contributed by atoms with Crippen LogP contribution in [0.4, 0.5) is 4.79 Å². The number of hydrogen-bond donors (Lipinski definition) is 3. The van der Waals surface area contributed by atoms with Gasteiger partial charge in [0.1, 0.15) is 12.6 Å². The molecule has 1 aliphatic carbocycles. The quantitative estimate of drug-likeness (QED) is 0.414. The molecular formula is C26H26N2O5S. The molecule has 1 aliphatic rings. The summed E-state index contributed by atoms with van der Waals surface area (Å²) in [4.78, 5) is 37.6. The molecule has 0 radical (unpaired) electrons. The fourth-order valence-electron chi connectivity index (χ4n) is 4.29. The third-order valence-electron chi connectivity index (χ3n) is 5.89. The summed E-state index contributed by atoms with van der Waals surface area (Å²) in [5.74, 6) is -1.81. The number of carboxylic acid groups (broad SMARTS) is 1. The van der Waals surface area contributed by atoms with Crippen LogP contribution >= 0.6 is 11.3 Å². The minimum Gasteiger partial charge on any atom is -0.479 e. The summed E-state index contributed by atoms with van der Waals surface area (Å²) in [7, 11) is 0. The molecule has 34 heavy (non-hydrogen) atoms. The Morgan fingerprint density at radius 2 is 1.62 bits per heavy atom. The van der Waals surface area contributed by atoms with Gasteiger partial charge in [-0.3, -0.25) is 4.79 Å². The lowest BCUT2D eigenvalue weighted by atomic mass is 9.98. The molecule has 1 heterocycles. The van der Waals surface area contributed by atoms with Crippen LogP contribution < -0.4 is 10.6 Å². The van der Waals surface area contributed by atoms with E-state index in [1.165, 1.54) is 11.3 Å². The van der Waals surface area contributed by atoms with Crippen molar-refractivity contribution in [1.29, 1.82) is 0 Å². The average Bonchev–Trinajstić information content (AvgIpc) is 3.47. The molecule has 1 aromatic heterocycles. The summed E-state index contributed by atoms with van der Waals surface area (Å²) in [6, 6.07) is 17.4. The molecule has 7 nitrogen and oxygen atoms in total. The Balaban J connectivity index is 1.41. The summed E-state index contributed by atoms with van der Waals surface area (Å²) in [5, 5.41) is 16.4. The number of ether oxygens (including phenoxy) is 1. The van der Waals surface area contributed by atoms with E-state index >= 15 is 0 Å². The zero-order valence-electron chi connectivity index (χ0n) is 18.7. The van der Waals surface area contributed by atoms with Crippen molar-refractivity contribution in [3.63, 3.8) is 0 Å². The highest BCUT2D eigenvalue weighted by atomic mass is 32.1. The van der Waals surface area contributed by atoms with E-state index in [2.05, 4.69) is 22.8 Å². The van der Waals surface area contributed by atoms with E-state index in [-0.39, 0.29) is 12.5 Å². The molecule has 176 valence electrons. The van der Waals surface area contributed by atoms with Gasteiger partial charge in [0.25, 0.3) is 0 Å². The highest BCUT2D eigenvalue weighted by Gasteiger charge is 2.31. The molecule has 4 rings (SSSR count). The summed E-state index contributed by atoms with van der Waals surface area (Å²) >= 11 is 1.24. The number of alkyl carbamates (subject to hydrolysis) is 1.